The highest BCUT2D eigenvalue weighted by Gasteiger charge is 2.30. The number of benzene rings is 2. The molecule has 8 nitrogen and oxygen atoms in total. The van der Waals surface area contributed by atoms with Gasteiger partial charge in [0, 0.05) is 23.2 Å². The number of fused-ring (bicyclic) bond motifs is 1. The van der Waals surface area contributed by atoms with Crippen molar-refractivity contribution in [2.45, 2.75) is 23.7 Å². The molecule has 0 atom stereocenters. The summed E-state index contributed by atoms with van der Waals surface area (Å²) in [6.45, 7) is 0. The molecule has 1 fully saturated rings. The lowest BCUT2D eigenvalue weighted by atomic mass is 10.1. The summed E-state index contributed by atoms with van der Waals surface area (Å²) in [6, 6.07) is 7.38. The largest absolute Gasteiger partial charge is 0.383 e. The van der Waals surface area contributed by atoms with Crippen molar-refractivity contribution in [2.75, 3.05) is 10.5 Å². The monoisotopic (exact) mass is 476 g/mol. The molecule has 1 saturated carbocycles. The Balaban J connectivity index is 1.46. The summed E-state index contributed by atoms with van der Waals surface area (Å²) < 4.78 is 54.6. The van der Waals surface area contributed by atoms with Crippen LogP contribution in [-0.2, 0) is 10.0 Å². The zero-order chi connectivity index (χ0) is 22.6. The highest BCUT2D eigenvalue weighted by atomic mass is 35.5. The number of hydrogen-bond donors (Lipinski definition) is 3. The molecule has 0 spiro atoms. The summed E-state index contributed by atoms with van der Waals surface area (Å²) in [7, 11) is -4.32. The molecule has 4 N–H and O–H groups in total. The van der Waals surface area contributed by atoms with Crippen LogP contribution in [0.4, 0.5) is 20.3 Å². The molecule has 5 rings (SSSR count). The Labute approximate surface area is 185 Å². The molecule has 2 aromatic heterocycles. The van der Waals surface area contributed by atoms with Crippen LogP contribution in [0.5, 0.6) is 0 Å². The fourth-order valence-electron chi connectivity index (χ4n) is 3.38. The van der Waals surface area contributed by atoms with Gasteiger partial charge in [0.05, 0.1) is 16.1 Å². The zero-order valence-corrected chi connectivity index (χ0v) is 17.8. The van der Waals surface area contributed by atoms with Gasteiger partial charge < -0.3 is 5.73 Å². The first-order valence-electron chi connectivity index (χ1n) is 9.52. The van der Waals surface area contributed by atoms with Crippen molar-refractivity contribution >= 4 is 44.2 Å². The quantitative estimate of drug-likeness (QED) is 0.370. The number of aromatic amines is 1. The predicted molar refractivity (Wildman–Crippen MR) is 116 cm³/mol. The van der Waals surface area contributed by atoms with Crippen molar-refractivity contribution in [1.29, 1.82) is 0 Å². The van der Waals surface area contributed by atoms with E-state index in [1.165, 1.54) is 12.1 Å². The van der Waals surface area contributed by atoms with E-state index in [-0.39, 0.29) is 5.69 Å². The molecular weight excluding hydrogens is 462 g/mol. The van der Waals surface area contributed by atoms with Gasteiger partial charge in [0.2, 0.25) is 0 Å². The number of nitrogen functional groups attached to an aromatic ring is 1. The van der Waals surface area contributed by atoms with Crippen molar-refractivity contribution in [2.24, 2.45) is 0 Å². The maximum atomic E-state index is 13.7. The number of hydrogen-bond acceptors (Lipinski definition) is 6. The van der Waals surface area contributed by atoms with Gasteiger partial charge in [0.25, 0.3) is 10.0 Å². The molecule has 12 heteroatoms. The Bertz CT molecular complexity index is 1470. The Morgan fingerprint density at radius 3 is 2.53 bits per heavy atom. The minimum Gasteiger partial charge on any atom is -0.383 e. The molecule has 2 aromatic carbocycles. The van der Waals surface area contributed by atoms with Crippen LogP contribution in [0.3, 0.4) is 0 Å². The second-order valence-electron chi connectivity index (χ2n) is 7.43. The number of aromatic nitrogens is 4. The van der Waals surface area contributed by atoms with Gasteiger partial charge in [-0.15, -0.1) is 0 Å². The topological polar surface area (TPSA) is 127 Å². The molecule has 0 radical (unpaired) electrons. The van der Waals surface area contributed by atoms with E-state index in [0.717, 1.165) is 23.9 Å². The maximum absolute atomic E-state index is 13.7. The van der Waals surface area contributed by atoms with E-state index in [1.54, 1.807) is 12.1 Å². The van der Waals surface area contributed by atoms with Crippen molar-refractivity contribution in [3.63, 3.8) is 0 Å². The van der Waals surface area contributed by atoms with E-state index >= 15 is 0 Å². The van der Waals surface area contributed by atoms with Crippen LogP contribution in [0.15, 0.2) is 41.3 Å². The zero-order valence-electron chi connectivity index (χ0n) is 16.2. The molecule has 0 bridgehead atoms. The lowest BCUT2D eigenvalue weighted by Gasteiger charge is -2.11. The SMILES string of the molecule is Nc1[nH]nc2nc(-c3ccc(NS(=O)(=O)c4cc(F)cc(F)c4Cl)cc3)nc(C3CC3)c12. The first-order chi connectivity index (χ1) is 15.2. The summed E-state index contributed by atoms with van der Waals surface area (Å²) >= 11 is 5.72. The third-order valence-electron chi connectivity index (χ3n) is 5.08. The van der Waals surface area contributed by atoms with Gasteiger partial charge in [-0.25, -0.2) is 27.2 Å². The molecule has 0 aliphatic heterocycles. The smallest absolute Gasteiger partial charge is 0.263 e. The second kappa shape index (κ2) is 7.38. The molecule has 1 aliphatic carbocycles. The van der Waals surface area contributed by atoms with E-state index < -0.39 is 31.6 Å². The first kappa shape index (κ1) is 20.6. The number of sulfonamides is 1. The van der Waals surface area contributed by atoms with Gasteiger partial charge in [-0.1, -0.05) is 11.6 Å². The predicted octanol–water partition coefficient (Wildman–Crippen LogP) is 4.21. The summed E-state index contributed by atoms with van der Waals surface area (Å²) in [4.78, 5) is 8.41. The number of nitrogens with two attached hydrogens (primary N) is 1. The third kappa shape index (κ3) is 3.63. The van der Waals surface area contributed by atoms with E-state index in [9.17, 15) is 17.2 Å². The van der Waals surface area contributed by atoms with E-state index in [4.69, 9.17) is 17.3 Å². The number of nitrogens with zero attached hydrogens (tertiary/aromatic N) is 3. The number of halogens is 3. The maximum Gasteiger partial charge on any atom is 0.263 e. The third-order valence-corrected chi connectivity index (χ3v) is 6.98. The fourth-order valence-corrected chi connectivity index (χ4v) is 4.95. The van der Waals surface area contributed by atoms with Crippen molar-refractivity contribution in [3.8, 4) is 11.4 Å². The van der Waals surface area contributed by atoms with Crippen LogP contribution in [0.25, 0.3) is 22.4 Å². The van der Waals surface area contributed by atoms with Gasteiger partial charge in [0.15, 0.2) is 11.5 Å². The molecule has 2 heterocycles. The van der Waals surface area contributed by atoms with Crippen molar-refractivity contribution in [1.82, 2.24) is 20.2 Å². The molecule has 1 aliphatic rings. The highest BCUT2D eigenvalue weighted by molar-refractivity contribution is 7.92. The normalized spacial score (nSPS) is 14.1. The van der Waals surface area contributed by atoms with Crippen LogP contribution >= 0.6 is 11.6 Å². The number of H-pyrrole nitrogens is 1. The van der Waals surface area contributed by atoms with E-state index in [1.807, 2.05) is 0 Å². The molecule has 0 amide bonds. The van der Waals surface area contributed by atoms with Crippen LogP contribution < -0.4 is 10.5 Å². The molecule has 0 unspecified atom stereocenters. The molecule has 164 valence electrons. The molecular formula is C20H15ClF2N6O2S. The minimum absolute atomic E-state index is 0.169. The summed E-state index contributed by atoms with van der Waals surface area (Å²) in [6.07, 6.45) is 2.03. The van der Waals surface area contributed by atoms with E-state index in [0.29, 0.717) is 40.9 Å². The highest BCUT2D eigenvalue weighted by Crippen LogP contribution is 2.43. The van der Waals surface area contributed by atoms with Crippen LogP contribution in [0.1, 0.15) is 24.5 Å². The Morgan fingerprint density at radius 2 is 1.84 bits per heavy atom. The summed E-state index contributed by atoms with van der Waals surface area (Å²) in [5, 5.41) is 6.89. The summed E-state index contributed by atoms with van der Waals surface area (Å²) in [5.41, 5.74) is 8.07. The average Bonchev–Trinajstić information content (AvgIpc) is 3.53. The fraction of sp³-hybridized carbons (Fsp3) is 0.150. The standard InChI is InChI=1S/C20H15ClF2N6O2S/c21-16-13(23)7-11(22)8-14(16)32(30,31)29-12-5-3-10(4-6-12)19-25-17(9-1-2-9)15-18(24)27-28-20(15)26-19/h3-9,29H,1-2H2,(H3,24,25,26,27,28). The minimum atomic E-state index is -4.32. The van der Waals surface area contributed by atoms with Crippen LogP contribution in [0.2, 0.25) is 5.02 Å². The Hall–Kier alpha value is -3.31. The molecule has 0 saturated heterocycles. The number of nitrogens with one attached hydrogen (secondary N) is 2. The van der Waals surface area contributed by atoms with Crippen LogP contribution in [0, 0.1) is 11.6 Å². The van der Waals surface area contributed by atoms with Gasteiger partial charge in [0.1, 0.15) is 22.3 Å². The van der Waals surface area contributed by atoms with Crippen LogP contribution in [-0.4, -0.2) is 28.6 Å². The lowest BCUT2D eigenvalue weighted by Crippen LogP contribution is -2.14. The number of anilines is 2. The van der Waals surface area contributed by atoms with Gasteiger partial charge >= 0.3 is 0 Å². The van der Waals surface area contributed by atoms with Crippen molar-refractivity contribution in [3.05, 3.63) is 58.7 Å². The van der Waals surface area contributed by atoms with E-state index in [2.05, 4.69) is 24.9 Å². The average molecular weight is 477 g/mol. The molecule has 32 heavy (non-hydrogen) atoms. The Kier molecular flexibility index (Phi) is 4.75. The second-order valence-corrected chi connectivity index (χ2v) is 9.45. The number of rotatable bonds is 5. The summed E-state index contributed by atoms with van der Waals surface area (Å²) in [5.74, 6) is -1.07. The van der Waals surface area contributed by atoms with Crippen molar-refractivity contribution < 1.29 is 17.2 Å². The Morgan fingerprint density at radius 1 is 1.12 bits per heavy atom. The van der Waals surface area contributed by atoms with Gasteiger partial charge in [-0.2, -0.15) is 5.10 Å². The van der Waals surface area contributed by atoms with Gasteiger partial charge in [-0.05, 0) is 43.2 Å². The molecule has 4 aromatic rings. The first-order valence-corrected chi connectivity index (χ1v) is 11.4. The van der Waals surface area contributed by atoms with Gasteiger partial charge in [-0.3, -0.25) is 9.82 Å². The lowest BCUT2D eigenvalue weighted by molar-refractivity contribution is 0.569.